The fraction of sp³-hybridized carbons (Fsp3) is 0.333. The van der Waals surface area contributed by atoms with Crippen molar-refractivity contribution in [2.75, 3.05) is 6.61 Å². The molecule has 0 bridgehead atoms. The molecular weight excluding hydrogens is 338 g/mol. The number of amidine groups is 1. The molecule has 2 aromatic rings. The van der Waals surface area contributed by atoms with Crippen molar-refractivity contribution in [1.29, 1.82) is 0 Å². The van der Waals surface area contributed by atoms with Crippen molar-refractivity contribution in [3.8, 4) is 12.3 Å². The Balaban J connectivity index is 2.09. The molecule has 0 fully saturated rings. The van der Waals surface area contributed by atoms with Crippen LogP contribution in [-0.4, -0.2) is 34.8 Å². The molecule has 1 aliphatic heterocycles. The van der Waals surface area contributed by atoms with Crippen LogP contribution in [0, 0.1) is 18.3 Å². The van der Waals surface area contributed by atoms with Crippen LogP contribution in [0.25, 0.3) is 10.2 Å². The molecule has 1 N–H and O–H groups in total. The number of aliphatic imine (C=N–C) groups is 1. The Kier molecular flexibility index (Phi) is 4.31. The topological polar surface area (TPSA) is 80.7 Å². The minimum absolute atomic E-state index is 0.0172. The fourth-order valence-corrected chi connectivity index (χ4v) is 3.22. The third kappa shape index (κ3) is 2.89. The van der Waals surface area contributed by atoms with E-state index in [1.165, 1.54) is 11.3 Å². The SMILES string of the molecule is C#CCOC(=O)c1cc2ccsc2nc1C1=NC(=O)C(C)(C(C)C)N1. The van der Waals surface area contributed by atoms with Crippen LogP contribution >= 0.6 is 11.3 Å². The number of pyridine rings is 1. The van der Waals surface area contributed by atoms with E-state index in [0.717, 1.165) is 10.2 Å². The van der Waals surface area contributed by atoms with Crippen LogP contribution in [0.2, 0.25) is 0 Å². The summed E-state index contributed by atoms with van der Waals surface area (Å²) >= 11 is 1.44. The first-order valence-corrected chi connectivity index (χ1v) is 8.65. The molecule has 0 saturated heterocycles. The first kappa shape index (κ1) is 17.1. The van der Waals surface area contributed by atoms with Gasteiger partial charge in [-0.25, -0.2) is 9.78 Å². The number of thiophene rings is 1. The van der Waals surface area contributed by atoms with E-state index in [2.05, 4.69) is 21.2 Å². The smallest absolute Gasteiger partial charge is 0.341 e. The van der Waals surface area contributed by atoms with Crippen LogP contribution in [0.5, 0.6) is 0 Å². The molecule has 128 valence electrons. The standard InChI is InChI=1S/C18H17N3O3S/c1-5-7-24-16(22)12-9-11-6-8-25-15(11)19-13(12)14-20-17(23)18(4,21-14)10(2)3/h1,6,8-10H,7H2,2-4H3,(H,20,21,23). The highest BCUT2D eigenvalue weighted by Crippen LogP contribution is 2.27. The molecule has 1 amide bonds. The maximum absolute atomic E-state index is 12.4. The van der Waals surface area contributed by atoms with Gasteiger partial charge in [0.15, 0.2) is 12.4 Å². The van der Waals surface area contributed by atoms with E-state index in [-0.39, 0.29) is 29.8 Å². The number of esters is 1. The van der Waals surface area contributed by atoms with E-state index in [1.807, 2.05) is 25.3 Å². The zero-order chi connectivity index (χ0) is 18.2. The molecule has 7 heteroatoms. The lowest BCUT2D eigenvalue weighted by Gasteiger charge is -2.27. The zero-order valence-corrected chi connectivity index (χ0v) is 14.9. The molecule has 0 aromatic carbocycles. The van der Waals surface area contributed by atoms with Gasteiger partial charge in [-0.1, -0.05) is 19.8 Å². The van der Waals surface area contributed by atoms with E-state index >= 15 is 0 Å². The lowest BCUT2D eigenvalue weighted by molar-refractivity contribution is -0.123. The number of fused-ring (bicyclic) bond motifs is 1. The summed E-state index contributed by atoms with van der Waals surface area (Å²) in [6.07, 6.45) is 5.15. The monoisotopic (exact) mass is 355 g/mol. The molecular formula is C18H17N3O3S. The predicted molar refractivity (Wildman–Crippen MR) is 96.7 cm³/mol. The number of nitrogens with one attached hydrogen (secondary N) is 1. The summed E-state index contributed by atoms with van der Waals surface area (Å²) in [4.78, 5) is 34.2. The highest BCUT2D eigenvalue weighted by atomic mass is 32.1. The van der Waals surface area contributed by atoms with Crippen molar-refractivity contribution < 1.29 is 14.3 Å². The van der Waals surface area contributed by atoms with Crippen LogP contribution in [0.4, 0.5) is 0 Å². The van der Waals surface area contributed by atoms with Crippen molar-refractivity contribution in [2.24, 2.45) is 10.9 Å². The average Bonchev–Trinajstić information content (AvgIpc) is 3.16. The maximum Gasteiger partial charge on any atom is 0.341 e. The van der Waals surface area contributed by atoms with Crippen molar-refractivity contribution in [3.63, 3.8) is 0 Å². The zero-order valence-electron chi connectivity index (χ0n) is 14.1. The Morgan fingerprint density at radius 2 is 2.28 bits per heavy atom. The van der Waals surface area contributed by atoms with Gasteiger partial charge in [0.05, 0.1) is 5.56 Å². The molecule has 0 saturated carbocycles. The first-order chi connectivity index (χ1) is 11.9. The van der Waals surface area contributed by atoms with Crippen LogP contribution in [0.1, 0.15) is 36.8 Å². The number of rotatable bonds is 4. The number of ether oxygens (including phenoxy) is 1. The second-order valence-corrected chi connectivity index (χ2v) is 7.12. The molecule has 0 radical (unpaired) electrons. The average molecular weight is 355 g/mol. The number of hydrogen-bond donors (Lipinski definition) is 1. The normalized spacial score (nSPS) is 19.6. The lowest BCUT2D eigenvalue weighted by Crippen LogP contribution is -2.50. The third-order valence-corrected chi connectivity index (χ3v) is 5.19. The van der Waals surface area contributed by atoms with Crippen LogP contribution in [0.15, 0.2) is 22.5 Å². The first-order valence-electron chi connectivity index (χ1n) is 7.77. The second kappa shape index (κ2) is 6.30. The number of carbonyl (C=O) groups is 2. The van der Waals surface area contributed by atoms with Crippen LogP contribution < -0.4 is 5.32 Å². The van der Waals surface area contributed by atoms with Crippen molar-refractivity contribution in [3.05, 3.63) is 28.8 Å². The van der Waals surface area contributed by atoms with E-state index in [4.69, 9.17) is 11.2 Å². The molecule has 0 aliphatic carbocycles. The Morgan fingerprint density at radius 1 is 1.52 bits per heavy atom. The summed E-state index contributed by atoms with van der Waals surface area (Å²) in [5.74, 6) is 1.68. The van der Waals surface area contributed by atoms with Gasteiger partial charge >= 0.3 is 5.97 Å². The Hall–Kier alpha value is -2.72. The third-order valence-electron chi connectivity index (χ3n) is 4.36. The molecule has 3 rings (SSSR count). The summed E-state index contributed by atoms with van der Waals surface area (Å²) in [6, 6.07) is 3.55. The van der Waals surface area contributed by atoms with Gasteiger partial charge in [-0.3, -0.25) is 4.79 Å². The Bertz CT molecular complexity index is 939. The summed E-state index contributed by atoms with van der Waals surface area (Å²) in [7, 11) is 0. The van der Waals surface area contributed by atoms with Gasteiger partial charge in [0, 0.05) is 5.39 Å². The fourth-order valence-electron chi connectivity index (χ4n) is 2.47. The molecule has 3 heterocycles. The highest BCUT2D eigenvalue weighted by molar-refractivity contribution is 7.16. The molecule has 6 nitrogen and oxygen atoms in total. The molecule has 1 unspecified atom stereocenters. The van der Waals surface area contributed by atoms with E-state index in [0.29, 0.717) is 5.69 Å². The molecule has 1 atom stereocenters. The number of aromatic nitrogens is 1. The minimum atomic E-state index is -0.832. The lowest BCUT2D eigenvalue weighted by atomic mass is 9.88. The van der Waals surface area contributed by atoms with Crippen molar-refractivity contribution >= 4 is 39.3 Å². The summed E-state index contributed by atoms with van der Waals surface area (Å²) in [6.45, 7) is 5.52. The summed E-state index contributed by atoms with van der Waals surface area (Å²) in [5, 5.41) is 5.83. The van der Waals surface area contributed by atoms with Gasteiger partial charge in [0.1, 0.15) is 16.1 Å². The van der Waals surface area contributed by atoms with Gasteiger partial charge in [-0.2, -0.15) is 4.99 Å². The van der Waals surface area contributed by atoms with Crippen LogP contribution in [-0.2, 0) is 9.53 Å². The van der Waals surface area contributed by atoms with E-state index < -0.39 is 11.5 Å². The van der Waals surface area contributed by atoms with E-state index in [9.17, 15) is 9.59 Å². The largest absolute Gasteiger partial charge is 0.449 e. The molecule has 1 aliphatic rings. The van der Waals surface area contributed by atoms with Crippen LogP contribution in [0.3, 0.4) is 0 Å². The van der Waals surface area contributed by atoms with Gasteiger partial charge in [-0.15, -0.1) is 17.8 Å². The van der Waals surface area contributed by atoms with Crippen molar-refractivity contribution in [1.82, 2.24) is 10.3 Å². The Morgan fingerprint density at radius 3 is 2.92 bits per heavy atom. The van der Waals surface area contributed by atoms with Gasteiger partial charge in [0.2, 0.25) is 0 Å². The number of hydrogen-bond acceptors (Lipinski definition) is 6. The number of amides is 1. The second-order valence-electron chi connectivity index (χ2n) is 6.23. The molecule has 0 spiro atoms. The van der Waals surface area contributed by atoms with Crippen molar-refractivity contribution in [2.45, 2.75) is 26.3 Å². The predicted octanol–water partition coefficient (Wildman–Crippen LogP) is 2.38. The minimum Gasteiger partial charge on any atom is -0.449 e. The molecule has 25 heavy (non-hydrogen) atoms. The quantitative estimate of drug-likeness (QED) is 0.673. The van der Waals surface area contributed by atoms with Gasteiger partial charge in [0.25, 0.3) is 5.91 Å². The summed E-state index contributed by atoms with van der Waals surface area (Å²) in [5.41, 5.74) is -0.301. The van der Waals surface area contributed by atoms with Gasteiger partial charge in [-0.05, 0) is 30.4 Å². The van der Waals surface area contributed by atoms with Gasteiger partial charge < -0.3 is 10.1 Å². The molecule has 2 aromatic heterocycles. The highest BCUT2D eigenvalue weighted by Gasteiger charge is 2.43. The maximum atomic E-state index is 12.4. The number of carbonyl (C=O) groups excluding carboxylic acids is 2. The van der Waals surface area contributed by atoms with E-state index in [1.54, 1.807) is 13.0 Å². The summed E-state index contributed by atoms with van der Waals surface area (Å²) < 4.78 is 5.05. The Labute approximate surface area is 149 Å². The number of nitrogens with zero attached hydrogens (tertiary/aromatic N) is 2. The number of terminal acetylenes is 1.